The summed E-state index contributed by atoms with van der Waals surface area (Å²) < 4.78 is 2.37. The fourth-order valence-corrected chi connectivity index (χ4v) is 8.89. The van der Waals surface area contributed by atoms with Crippen LogP contribution in [0.25, 0.3) is 55.3 Å². The lowest BCUT2D eigenvalue weighted by molar-refractivity contribution is 0.406. The number of allylic oxidation sites excluding steroid dienone is 4. The molecule has 0 bridgehead atoms. The van der Waals surface area contributed by atoms with Crippen molar-refractivity contribution in [2.24, 2.45) is 5.92 Å². The lowest BCUT2D eigenvalue weighted by Crippen LogP contribution is -2.28. The van der Waals surface area contributed by atoms with Crippen LogP contribution in [0.2, 0.25) is 0 Å². The van der Waals surface area contributed by atoms with Gasteiger partial charge in [-0.1, -0.05) is 117 Å². The lowest BCUT2D eigenvalue weighted by atomic mass is 9.74. The second-order valence-electron chi connectivity index (χ2n) is 14.9. The molecule has 0 fully saturated rings. The third kappa shape index (κ3) is 5.15. The van der Waals surface area contributed by atoms with Crippen molar-refractivity contribution in [1.29, 1.82) is 0 Å². The molecular weight excluding hydrogens is 643 g/mol. The molecule has 53 heavy (non-hydrogen) atoms. The van der Waals surface area contributed by atoms with Crippen LogP contribution >= 0.6 is 0 Å². The average Bonchev–Trinajstić information content (AvgIpc) is 3.67. The van der Waals surface area contributed by atoms with Gasteiger partial charge in [-0.2, -0.15) is 0 Å². The Kier molecular flexibility index (Phi) is 7.29. The van der Waals surface area contributed by atoms with Crippen LogP contribution in [0.1, 0.15) is 31.4 Å². The molecule has 10 rings (SSSR count). The molecule has 3 nitrogen and oxygen atoms in total. The van der Waals surface area contributed by atoms with Crippen LogP contribution in [-0.2, 0) is 5.41 Å². The van der Waals surface area contributed by atoms with Gasteiger partial charge in [-0.25, -0.2) is 0 Å². The van der Waals surface area contributed by atoms with Crippen LogP contribution in [-0.4, -0.2) is 9.55 Å². The van der Waals surface area contributed by atoms with E-state index in [2.05, 4.69) is 192 Å². The minimum absolute atomic E-state index is 0.0455. The molecule has 2 aromatic heterocycles. The number of anilines is 2. The van der Waals surface area contributed by atoms with E-state index in [1.54, 1.807) is 0 Å². The molecule has 2 aliphatic rings. The van der Waals surface area contributed by atoms with E-state index in [0.29, 0.717) is 5.92 Å². The van der Waals surface area contributed by atoms with E-state index in [4.69, 9.17) is 0 Å². The molecule has 254 valence electrons. The molecule has 2 heterocycles. The first-order valence-corrected chi connectivity index (χ1v) is 18.5. The molecular formula is C50H39N3. The highest BCUT2D eigenvalue weighted by Gasteiger charge is 2.44. The van der Waals surface area contributed by atoms with E-state index in [1.807, 2.05) is 18.5 Å². The molecule has 1 atom stereocenters. The van der Waals surface area contributed by atoms with Gasteiger partial charge < -0.3 is 9.47 Å². The highest BCUT2D eigenvalue weighted by Crippen LogP contribution is 2.54. The van der Waals surface area contributed by atoms with Gasteiger partial charge in [0.25, 0.3) is 0 Å². The number of hydrogen-bond donors (Lipinski definition) is 0. The molecule has 2 aliphatic carbocycles. The van der Waals surface area contributed by atoms with Crippen molar-refractivity contribution >= 4 is 38.8 Å². The minimum atomic E-state index is 0.0455. The van der Waals surface area contributed by atoms with Gasteiger partial charge in [-0.05, 0) is 123 Å². The summed E-state index contributed by atoms with van der Waals surface area (Å²) in [5.74, 6) is 0.404. The molecule has 0 amide bonds. The summed E-state index contributed by atoms with van der Waals surface area (Å²) in [7, 11) is 0. The van der Waals surface area contributed by atoms with Gasteiger partial charge in [0.15, 0.2) is 0 Å². The molecule has 3 heteroatoms. The molecule has 0 aliphatic heterocycles. The van der Waals surface area contributed by atoms with Crippen molar-refractivity contribution in [3.8, 4) is 27.9 Å². The average molecular weight is 682 g/mol. The van der Waals surface area contributed by atoms with E-state index in [-0.39, 0.29) is 5.41 Å². The van der Waals surface area contributed by atoms with Crippen molar-refractivity contribution in [2.45, 2.75) is 25.7 Å². The molecule has 0 saturated carbocycles. The number of rotatable bonds is 6. The van der Waals surface area contributed by atoms with Gasteiger partial charge >= 0.3 is 0 Å². The zero-order valence-corrected chi connectivity index (χ0v) is 29.9. The zero-order valence-electron chi connectivity index (χ0n) is 29.9. The normalized spacial score (nSPS) is 15.8. The van der Waals surface area contributed by atoms with Gasteiger partial charge in [0.1, 0.15) is 0 Å². The second-order valence-corrected chi connectivity index (χ2v) is 14.9. The predicted octanol–water partition coefficient (Wildman–Crippen LogP) is 12.9. The number of fused-ring (bicyclic) bond motifs is 6. The predicted molar refractivity (Wildman–Crippen MR) is 222 cm³/mol. The summed E-state index contributed by atoms with van der Waals surface area (Å²) >= 11 is 0. The summed E-state index contributed by atoms with van der Waals surface area (Å²) in [6.45, 7) is 4.83. The fourth-order valence-electron chi connectivity index (χ4n) is 8.89. The van der Waals surface area contributed by atoms with Gasteiger partial charge in [0.2, 0.25) is 0 Å². The Hall–Kier alpha value is -6.45. The van der Waals surface area contributed by atoms with Gasteiger partial charge in [-0.3, -0.25) is 4.98 Å². The molecule has 0 saturated heterocycles. The van der Waals surface area contributed by atoms with Crippen molar-refractivity contribution < 1.29 is 0 Å². The number of aromatic nitrogens is 2. The maximum atomic E-state index is 4.35. The van der Waals surface area contributed by atoms with E-state index in [9.17, 15) is 0 Å². The Bertz CT molecular complexity index is 2700. The first-order valence-electron chi connectivity index (χ1n) is 18.5. The summed E-state index contributed by atoms with van der Waals surface area (Å²) in [5.41, 5.74) is 16.3. The highest BCUT2D eigenvalue weighted by molar-refractivity contribution is 6.10. The first-order chi connectivity index (χ1) is 26.0. The third-order valence-electron chi connectivity index (χ3n) is 11.6. The monoisotopic (exact) mass is 681 g/mol. The Balaban J connectivity index is 1.05. The van der Waals surface area contributed by atoms with Crippen LogP contribution in [0.4, 0.5) is 11.4 Å². The van der Waals surface area contributed by atoms with Crippen molar-refractivity contribution in [2.75, 3.05) is 4.90 Å². The summed E-state index contributed by atoms with van der Waals surface area (Å²) in [4.78, 5) is 6.81. The van der Waals surface area contributed by atoms with Crippen LogP contribution in [0.15, 0.2) is 188 Å². The van der Waals surface area contributed by atoms with E-state index >= 15 is 0 Å². The highest BCUT2D eigenvalue weighted by atomic mass is 15.1. The zero-order chi connectivity index (χ0) is 35.5. The Morgan fingerprint density at radius 1 is 0.585 bits per heavy atom. The lowest BCUT2D eigenvalue weighted by Gasteiger charge is -2.36. The van der Waals surface area contributed by atoms with Crippen LogP contribution < -0.4 is 4.90 Å². The number of nitrogens with zero attached hydrogens (tertiary/aromatic N) is 3. The SMILES string of the molecule is CC1(C)c2ccccc2C2=CC=C(N(c3ccc(-c4cccnc4)cc3)c3ccc(-c4ccc5c(c4)c4ccccc4n5-c4ccccc4)cc3)CC21. The summed E-state index contributed by atoms with van der Waals surface area (Å²) in [6, 6.07) is 57.4. The van der Waals surface area contributed by atoms with Crippen LogP contribution in [0.5, 0.6) is 0 Å². The largest absolute Gasteiger partial charge is 0.314 e. The van der Waals surface area contributed by atoms with Gasteiger partial charge in [0, 0.05) is 45.9 Å². The van der Waals surface area contributed by atoms with Crippen LogP contribution in [0, 0.1) is 5.92 Å². The topological polar surface area (TPSA) is 21.1 Å². The van der Waals surface area contributed by atoms with E-state index < -0.39 is 0 Å². The quantitative estimate of drug-likeness (QED) is 0.174. The van der Waals surface area contributed by atoms with Crippen molar-refractivity contribution in [1.82, 2.24) is 9.55 Å². The fraction of sp³-hybridized carbons (Fsp3) is 0.100. The smallest absolute Gasteiger partial charge is 0.0541 e. The van der Waals surface area contributed by atoms with Crippen molar-refractivity contribution in [3.05, 3.63) is 199 Å². The number of pyridine rings is 1. The maximum Gasteiger partial charge on any atom is 0.0541 e. The third-order valence-corrected chi connectivity index (χ3v) is 11.6. The number of benzene rings is 6. The Morgan fingerprint density at radius 2 is 1.25 bits per heavy atom. The second kappa shape index (κ2) is 12.4. The number of para-hydroxylation sites is 2. The molecule has 8 aromatic rings. The molecule has 0 spiro atoms. The maximum absolute atomic E-state index is 4.35. The van der Waals surface area contributed by atoms with Gasteiger partial charge in [0.05, 0.1) is 11.0 Å². The van der Waals surface area contributed by atoms with E-state index in [1.165, 1.54) is 61.0 Å². The first kappa shape index (κ1) is 31.3. The Labute approximate surface area is 310 Å². The minimum Gasteiger partial charge on any atom is -0.314 e. The van der Waals surface area contributed by atoms with E-state index in [0.717, 1.165) is 28.9 Å². The molecule has 1 unspecified atom stereocenters. The molecule has 0 N–H and O–H groups in total. The summed E-state index contributed by atoms with van der Waals surface area (Å²) in [6.07, 6.45) is 9.44. The molecule has 0 radical (unpaired) electrons. The molecule has 6 aromatic carbocycles. The van der Waals surface area contributed by atoms with Gasteiger partial charge in [-0.15, -0.1) is 0 Å². The summed E-state index contributed by atoms with van der Waals surface area (Å²) in [5, 5.41) is 2.52. The van der Waals surface area contributed by atoms with Crippen molar-refractivity contribution in [3.63, 3.8) is 0 Å². The number of hydrogen-bond acceptors (Lipinski definition) is 2. The Morgan fingerprint density at radius 3 is 2.00 bits per heavy atom. The van der Waals surface area contributed by atoms with Crippen LogP contribution in [0.3, 0.4) is 0 Å². The standard InChI is InChI=1S/C50H39N3/c1-50(2)46-16-8-6-14-42(46)43-28-27-41(32-47(43)50)52(40-25-20-35(21-26-40)37-11-10-30-51-33-37)39-23-18-34(19-24-39)36-22-29-49-45(31-36)44-15-7-9-17-48(44)53(49)38-12-4-3-5-13-38/h3-31,33,47H,32H2,1-2H3.